The third kappa shape index (κ3) is 4.72. The minimum Gasteiger partial charge on any atom is -0.380 e. The normalized spacial score (nSPS) is 15.8. The highest BCUT2D eigenvalue weighted by Crippen LogP contribution is 2.21. The van der Waals surface area contributed by atoms with Crippen LogP contribution in [0.5, 0.6) is 0 Å². The monoisotopic (exact) mass is 234 g/mol. The second-order valence-electron chi connectivity index (χ2n) is 4.14. The molecule has 0 amide bonds. The number of rotatable bonds is 7. The predicted molar refractivity (Wildman–Crippen MR) is 72.0 cm³/mol. The molecule has 1 aliphatic carbocycles. The van der Waals surface area contributed by atoms with Gasteiger partial charge in [0.25, 0.3) is 0 Å². The Kier molecular flexibility index (Phi) is 6.60. The van der Waals surface area contributed by atoms with E-state index in [9.17, 15) is 0 Å². The van der Waals surface area contributed by atoms with E-state index < -0.39 is 0 Å². The van der Waals surface area contributed by atoms with Gasteiger partial charge in [0.1, 0.15) is 0 Å². The largest absolute Gasteiger partial charge is 0.380 e. The number of hydrogen-bond donors (Lipinski definition) is 0. The van der Waals surface area contributed by atoms with Gasteiger partial charge in [-0.1, -0.05) is 29.9 Å². The van der Waals surface area contributed by atoms with Crippen LogP contribution in [-0.2, 0) is 9.47 Å². The maximum Gasteiger partial charge on any atom is 0.0713 e. The molecule has 0 aromatic heterocycles. The van der Waals surface area contributed by atoms with Crippen LogP contribution < -0.4 is 0 Å². The zero-order valence-electron chi connectivity index (χ0n) is 10.9. The van der Waals surface area contributed by atoms with Gasteiger partial charge in [-0.15, -0.1) is 6.58 Å². The van der Waals surface area contributed by atoms with Crippen molar-refractivity contribution in [3.05, 3.63) is 47.6 Å². The van der Waals surface area contributed by atoms with E-state index in [-0.39, 0.29) is 0 Å². The smallest absolute Gasteiger partial charge is 0.0713 e. The van der Waals surface area contributed by atoms with Gasteiger partial charge in [-0.3, -0.25) is 0 Å². The van der Waals surface area contributed by atoms with Crippen molar-refractivity contribution >= 4 is 0 Å². The second-order valence-corrected chi connectivity index (χ2v) is 4.14. The van der Waals surface area contributed by atoms with Crippen molar-refractivity contribution in [3.8, 4) is 0 Å². The molecule has 0 N–H and O–H groups in total. The van der Waals surface area contributed by atoms with Crippen molar-refractivity contribution in [1.29, 1.82) is 0 Å². The fourth-order valence-electron chi connectivity index (χ4n) is 1.86. The Morgan fingerprint density at radius 3 is 2.65 bits per heavy atom. The standard InChI is InChI=1S/C15H22O2/c1-4-5-6-13-7-9-14(11-16-2)15(10-8-13)12-17-3/h4,7-9H,1,5-6,10-12H2,2-3H3. The Labute approximate surface area is 104 Å². The van der Waals surface area contributed by atoms with Gasteiger partial charge in [0.05, 0.1) is 13.2 Å². The zero-order chi connectivity index (χ0) is 12.5. The van der Waals surface area contributed by atoms with Gasteiger partial charge in [-0.2, -0.15) is 0 Å². The molecule has 0 spiro atoms. The molecule has 1 rings (SSSR count). The fourth-order valence-corrected chi connectivity index (χ4v) is 1.86. The third-order valence-electron chi connectivity index (χ3n) is 2.82. The van der Waals surface area contributed by atoms with Crippen LogP contribution >= 0.6 is 0 Å². The summed E-state index contributed by atoms with van der Waals surface area (Å²) < 4.78 is 10.5. The average molecular weight is 234 g/mol. The highest BCUT2D eigenvalue weighted by Gasteiger charge is 2.07. The van der Waals surface area contributed by atoms with Gasteiger partial charge in [0.15, 0.2) is 0 Å². The first-order chi connectivity index (χ1) is 8.31. The SMILES string of the molecule is C=CCCC1=CCC(COC)=C(COC)C=C1. The van der Waals surface area contributed by atoms with Crippen LogP contribution in [0.1, 0.15) is 19.3 Å². The van der Waals surface area contributed by atoms with Gasteiger partial charge in [0, 0.05) is 14.2 Å². The summed E-state index contributed by atoms with van der Waals surface area (Å²) in [6.07, 6.45) is 11.6. The molecule has 0 aromatic carbocycles. The number of allylic oxidation sites excluding steroid dienone is 4. The minimum absolute atomic E-state index is 0.651. The number of methoxy groups -OCH3 is 2. The lowest BCUT2D eigenvalue weighted by Crippen LogP contribution is -2.02. The van der Waals surface area contributed by atoms with Crippen molar-refractivity contribution in [2.45, 2.75) is 19.3 Å². The van der Waals surface area contributed by atoms with Crippen molar-refractivity contribution < 1.29 is 9.47 Å². The Hall–Kier alpha value is -1.12. The molecule has 0 aromatic rings. The first kappa shape index (κ1) is 13.9. The quantitative estimate of drug-likeness (QED) is 0.628. The Morgan fingerprint density at radius 2 is 2.00 bits per heavy atom. The van der Waals surface area contributed by atoms with Gasteiger partial charge in [-0.25, -0.2) is 0 Å². The molecule has 0 radical (unpaired) electrons. The lowest BCUT2D eigenvalue weighted by atomic mass is 10.1. The van der Waals surface area contributed by atoms with E-state index in [1.165, 1.54) is 16.7 Å². The summed E-state index contributed by atoms with van der Waals surface area (Å²) in [5, 5.41) is 0. The summed E-state index contributed by atoms with van der Waals surface area (Å²) in [4.78, 5) is 0. The van der Waals surface area contributed by atoms with Crippen molar-refractivity contribution in [2.75, 3.05) is 27.4 Å². The summed E-state index contributed by atoms with van der Waals surface area (Å²) in [6, 6.07) is 0. The molecule has 17 heavy (non-hydrogen) atoms. The van der Waals surface area contributed by atoms with Crippen LogP contribution in [0.25, 0.3) is 0 Å². The molecule has 2 heteroatoms. The van der Waals surface area contributed by atoms with E-state index in [1.807, 2.05) is 6.08 Å². The van der Waals surface area contributed by atoms with Gasteiger partial charge in [0.2, 0.25) is 0 Å². The Balaban J connectivity index is 2.74. The Morgan fingerprint density at radius 1 is 1.24 bits per heavy atom. The molecule has 0 heterocycles. The minimum atomic E-state index is 0.651. The first-order valence-electron chi connectivity index (χ1n) is 5.98. The van der Waals surface area contributed by atoms with E-state index in [0.717, 1.165) is 19.3 Å². The summed E-state index contributed by atoms with van der Waals surface area (Å²) >= 11 is 0. The summed E-state index contributed by atoms with van der Waals surface area (Å²) in [6.45, 7) is 5.08. The van der Waals surface area contributed by atoms with Crippen molar-refractivity contribution in [2.24, 2.45) is 0 Å². The topological polar surface area (TPSA) is 18.5 Å². The molecular formula is C15H22O2. The molecule has 2 nitrogen and oxygen atoms in total. The number of hydrogen-bond acceptors (Lipinski definition) is 2. The molecular weight excluding hydrogens is 212 g/mol. The molecule has 0 unspecified atom stereocenters. The summed E-state index contributed by atoms with van der Waals surface area (Å²) in [7, 11) is 3.45. The lowest BCUT2D eigenvalue weighted by molar-refractivity contribution is 0.212. The first-order valence-corrected chi connectivity index (χ1v) is 5.98. The molecule has 0 aliphatic heterocycles. The van der Waals surface area contributed by atoms with E-state index in [1.54, 1.807) is 14.2 Å². The molecule has 0 saturated carbocycles. The van der Waals surface area contributed by atoms with Crippen LogP contribution in [0, 0.1) is 0 Å². The average Bonchev–Trinajstić information content (AvgIpc) is 2.52. The van der Waals surface area contributed by atoms with Crippen LogP contribution in [0.15, 0.2) is 47.6 Å². The molecule has 0 atom stereocenters. The van der Waals surface area contributed by atoms with Crippen LogP contribution in [0.3, 0.4) is 0 Å². The predicted octanol–water partition coefficient (Wildman–Crippen LogP) is 3.43. The van der Waals surface area contributed by atoms with E-state index >= 15 is 0 Å². The molecule has 0 bridgehead atoms. The summed E-state index contributed by atoms with van der Waals surface area (Å²) in [5.74, 6) is 0. The lowest BCUT2D eigenvalue weighted by Gasteiger charge is -2.08. The summed E-state index contributed by atoms with van der Waals surface area (Å²) in [5.41, 5.74) is 3.91. The van der Waals surface area contributed by atoms with Crippen LogP contribution in [0.2, 0.25) is 0 Å². The van der Waals surface area contributed by atoms with Gasteiger partial charge >= 0.3 is 0 Å². The van der Waals surface area contributed by atoms with E-state index in [4.69, 9.17) is 9.47 Å². The highest BCUT2D eigenvalue weighted by atomic mass is 16.5. The van der Waals surface area contributed by atoms with Crippen molar-refractivity contribution in [3.63, 3.8) is 0 Å². The fraction of sp³-hybridized carbons (Fsp3) is 0.467. The van der Waals surface area contributed by atoms with Crippen LogP contribution in [0.4, 0.5) is 0 Å². The highest BCUT2D eigenvalue weighted by molar-refractivity contribution is 5.37. The Bertz CT molecular complexity index is 335. The molecule has 0 fully saturated rings. The molecule has 94 valence electrons. The molecule has 0 saturated heterocycles. The maximum atomic E-state index is 5.24. The van der Waals surface area contributed by atoms with Crippen molar-refractivity contribution in [1.82, 2.24) is 0 Å². The molecule has 1 aliphatic rings. The van der Waals surface area contributed by atoms with Gasteiger partial charge in [-0.05, 0) is 30.4 Å². The van der Waals surface area contributed by atoms with Crippen LogP contribution in [-0.4, -0.2) is 27.4 Å². The van der Waals surface area contributed by atoms with E-state index in [2.05, 4.69) is 24.8 Å². The maximum absolute atomic E-state index is 5.24. The number of ether oxygens (including phenoxy) is 2. The van der Waals surface area contributed by atoms with E-state index in [0.29, 0.717) is 13.2 Å². The second kappa shape index (κ2) is 8.04. The van der Waals surface area contributed by atoms with Gasteiger partial charge < -0.3 is 9.47 Å². The third-order valence-corrected chi connectivity index (χ3v) is 2.82. The zero-order valence-corrected chi connectivity index (χ0v) is 10.9.